The van der Waals surface area contributed by atoms with Crippen molar-refractivity contribution >= 4 is 46.0 Å². The molecule has 0 saturated heterocycles. The predicted molar refractivity (Wildman–Crippen MR) is 446 cm³/mol. The van der Waals surface area contributed by atoms with Crippen molar-refractivity contribution in [3.8, 4) is 56.8 Å². The molecule has 12 nitrogen and oxygen atoms in total. The molecule has 2 N–H and O–H groups in total. The predicted octanol–water partition coefficient (Wildman–Crippen LogP) is 28.6. The van der Waals surface area contributed by atoms with Gasteiger partial charge in [0.15, 0.2) is 23.0 Å². The molecule has 0 unspecified atom stereocenters. The normalized spacial score (nSPS) is 11.4. The van der Waals surface area contributed by atoms with Gasteiger partial charge in [0.1, 0.15) is 11.0 Å². The molecule has 0 radical (unpaired) electrons. The lowest BCUT2D eigenvalue weighted by Crippen LogP contribution is -2.14. The first-order valence-electron chi connectivity index (χ1n) is 43.0. The lowest BCUT2D eigenvalue weighted by molar-refractivity contribution is 0.101. The standard InChI is InChI=1S/C92H142N4O8S/c1-7-13-19-25-31-37-43-49-65-99-83-71-77(72-84(100-66-50-44-38-32-26-20-14-8-2)89(83)103-69-53-47-41-35-29-23-17-11-5)91(97)93-79-59-55-75(56-60-79)81-63-64-82(88-87(81)95-105-96-88)76-57-61-80(62-58-76)94-92(98)78-73-85(101-67-51-45-39-33-27-21-15-9-3)90(104-70-54-48-42-36-30-24-18-12-6)86(74-78)102-68-52-46-40-34-28-22-16-10-4/h55-64,71-74H,7-54,65-70H2,1-6H3,(H,93,97)(H,94,98). The third-order valence-corrected chi connectivity index (χ3v) is 20.9. The molecule has 6 aromatic rings. The van der Waals surface area contributed by atoms with Crippen molar-refractivity contribution in [1.82, 2.24) is 8.75 Å². The quantitative estimate of drug-likeness (QED) is 0.0355. The Morgan fingerprint density at radius 2 is 0.486 bits per heavy atom. The molecule has 1 heterocycles. The molecule has 0 aliphatic heterocycles. The molecule has 0 fully saturated rings. The Hall–Kier alpha value is -6.34. The number of ether oxygens (including phenoxy) is 6. The van der Waals surface area contributed by atoms with Crippen molar-refractivity contribution in [3.05, 3.63) is 96.1 Å². The van der Waals surface area contributed by atoms with Crippen LogP contribution in [-0.2, 0) is 0 Å². The van der Waals surface area contributed by atoms with E-state index < -0.39 is 0 Å². The number of aromatic nitrogens is 2. The van der Waals surface area contributed by atoms with Gasteiger partial charge in [-0.15, -0.1) is 0 Å². The summed E-state index contributed by atoms with van der Waals surface area (Å²) >= 11 is 1.19. The number of hydrogen-bond donors (Lipinski definition) is 2. The maximum absolute atomic E-state index is 14.5. The topological polar surface area (TPSA) is 139 Å². The Balaban J connectivity index is 1.16. The first kappa shape index (κ1) is 87.6. The van der Waals surface area contributed by atoms with Crippen LogP contribution in [0.2, 0.25) is 0 Å². The summed E-state index contributed by atoms with van der Waals surface area (Å²) in [5.74, 6) is 2.98. The van der Waals surface area contributed by atoms with Crippen LogP contribution in [-0.4, -0.2) is 60.2 Å². The number of amides is 2. The summed E-state index contributed by atoms with van der Waals surface area (Å²) in [6.45, 7) is 16.9. The number of carbonyl (C=O) groups is 2. The second kappa shape index (κ2) is 56.9. The van der Waals surface area contributed by atoms with Crippen molar-refractivity contribution in [2.24, 2.45) is 0 Å². The number of nitrogens with one attached hydrogen (secondary N) is 2. The molecule has 13 heteroatoms. The van der Waals surface area contributed by atoms with Gasteiger partial charge in [-0.2, -0.15) is 8.75 Å². The van der Waals surface area contributed by atoms with Crippen LogP contribution in [0.25, 0.3) is 33.3 Å². The summed E-state index contributed by atoms with van der Waals surface area (Å²) in [5, 5.41) is 6.39. The summed E-state index contributed by atoms with van der Waals surface area (Å²) in [6.07, 6.45) is 58.0. The van der Waals surface area contributed by atoms with E-state index in [-0.39, 0.29) is 11.8 Å². The number of fused-ring (bicyclic) bond motifs is 1. The fourth-order valence-corrected chi connectivity index (χ4v) is 14.4. The third-order valence-electron chi connectivity index (χ3n) is 20.4. The van der Waals surface area contributed by atoms with E-state index in [1.165, 1.54) is 243 Å². The van der Waals surface area contributed by atoms with Gasteiger partial charge in [-0.1, -0.05) is 348 Å². The number of rotatable bonds is 66. The van der Waals surface area contributed by atoms with Gasteiger partial charge in [-0.05, 0) is 98.2 Å². The van der Waals surface area contributed by atoms with E-state index >= 15 is 0 Å². The molecular formula is C92H142N4O8S. The van der Waals surface area contributed by atoms with Crippen LogP contribution in [0.1, 0.15) is 370 Å². The zero-order valence-electron chi connectivity index (χ0n) is 66.8. The van der Waals surface area contributed by atoms with Crippen molar-refractivity contribution in [2.45, 2.75) is 350 Å². The Kier molecular flexibility index (Phi) is 47.4. The van der Waals surface area contributed by atoms with Crippen molar-refractivity contribution < 1.29 is 38.0 Å². The number of benzene rings is 5. The highest BCUT2D eigenvalue weighted by Gasteiger charge is 2.23. The molecule has 5 aromatic carbocycles. The van der Waals surface area contributed by atoms with Gasteiger partial charge in [0.25, 0.3) is 11.8 Å². The molecule has 0 aliphatic carbocycles. The smallest absolute Gasteiger partial charge is 0.255 e. The van der Waals surface area contributed by atoms with Gasteiger partial charge in [-0.3, -0.25) is 9.59 Å². The second-order valence-electron chi connectivity index (χ2n) is 29.7. The summed E-state index contributed by atoms with van der Waals surface area (Å²) < 4.78 is 49.4. The molecule has 105 heavy (non-hydrogen) atoms. The van der Waals surface area contributed by atoms with Gasteiger partial charge in [-0.25, -0.2) is 0 Å². The second-order valence-corrected chi connectivity index (χ2v) is 30.3. The van der Waals surface area contributed by atoms with Gasteiger partial charge < -0.3 is 39.1 Å². The molecule has 2 amide bonds. The Morgan fingerprint density at radius 3 is 0.714 bits per heavy atom. The Bertz CT molecular complexity index is 2910. The Morgan fingerprint density at radius 1 is 0.276 bits per heavy atom. The highest BCUT2D eigenvalue weighted by Crippen LogP contribution is 2.43. The van der Waals surface area contributed by atoms with Crippen molar-refractivity contribution in [3.63, 3.8) is 0 Å². The van der Waals surface area contributed by atoms with Gasteiger partial charge >= 0.3 is 0 Å². The SMILES string of the molecule is CCCCCCCCCCOc1cc(C(=O)Nc2ccc(-c3ccc(-c4ccc(NC(=O)c5cc(OCCCCCCCCCC)c(OCCCCCCCCCC)c(OCCCCCCCCCC)c5)cc4)c4nsnc34)cc2)cc(OCCCCCCCCCC)c1OCCCCCCCCCC. The van der Waals surface area contributed by atoms with Gasteiger partial charge in [0.05, 0.1) is 51.4 Å². The molecule has 584 valence electrons. The van der Waals surface area contributed by atoms with E-state index in [4.69, 9.17) is 37.2 Å². The lowest BCUT2D eigenvalue weighted by Gasteiger charge is -2.19. The van der Waals surface area contributed by atoms with Crippen molar-refractivity contribution in [2.75, 3.05) is 50.3 Å². The highest BCUT2D eigenvalue weighted by atomic mass is 32.1. The number of nitrogens with zero attached hydrogens (tertiary/aromatic N) is 2. The third kappa shape index (κ3) is 35.5. The fraction of sp³-hybridized carbons (Fsp3) is 0.652. The van der Waals surface area contributed by atoms with Crippen LogP contribution in [0, 0.1) is 0 Å². The average Bonchev–Trinajstić information content (AvgIpc) is 1.65. The molecule has 1 aromatic heterocycles. The van der Waals surface area contributed by atoms with Crippen LogP contribution in [0.3, 0.4) is 0 Å². The summed E-state index contributed by atoms with van der Waals surface area (Å²) in [5.41, 5.74) is 7.62. The number of unbranched alkanes of at least 4 members (excludes halogenated alkanes) is 42. The molecule has 0 aliphatic rings. The van der Waals surface area contributed by atoms with E-state index in [2.05, 4.69) is 64.3 Å². The fourth-order valence-electron chi connectivity index (χ4n) is 13.8. The molecule has 6 rings (SSSR count). The van der Waals surface area contributed by atoms with Crippen LogP contribution in [0.4, 0.5) is 11.4 Å². The summed E-state index contributed by atoms with van der Waals surface area (Å²) in [6, 6.07) is 27.5. The molecule has 0 spiro atoms. The first-order chi connectivity index (χ1) is 51.8. The lowest BCUT2D eigenvalue weighted by atomic mass is 9.97. The van der Waals surface area contributed by atoms with Gasteiger partial charge in [0, 0.05) is 33.6 Å². The van der Waals surface area contributed by atoms with E-state index in [0.29, 0.717) is 96.6 Å². The molecule has 0 bridgehead atoms. The van der Waals surface area contributed by atoms with Crippen LogP contribution in [0.5, 0.6) is 34.5 Å². The molecule has 0 saturated carbocycles. The van der Waals surface area contributed by atoms with E-state index in [0.717, 1.165) is 110 Å². The largest absolute Gasteiger partial charge is 0.490 e. The summed E-state index contributed by atoms with van der Waals surface area (Å²) in [7, 11) is 0. The van der Waals surface area contributed by atoms with E-state index in [9.17, 15) is 9.59 Å². The number of carbonyl (C=O) groups excluding carboxylic acids is 2. The molecular weight excluding hydrogens is 1320 g/mol. The Labute approximate surface area is 641 Å². The zero-order valence-corrected chi connectivity index (χ0v) is 67.7. The van der Waals surface area contributed by atoms with Gasteiger partial charge in [0.2, 0.25) is 11.5 Å². The zero-order chi connectivity index (χ0) is 74.3. The highest BCUT2D eigenvalue weighted by molar-refractivity contribution is 7.00. The van der Waals surface area contributed by atoms with Crippen LogP contribution in [0.15, 0.2) is 84.9 Å². The number of hydrogen-bond acceptors (Lipinski definition) is 11. The first-order valence-corrected chi connectivity index (χ1v) is 43.8. The van der Waals surface area contributed by atoms with E-state index in [1.54, 1.807) is 0 Å². The minimum absolute atomic E-state index is 0.248. The van der Waals surface area contributed by atoms with Crippen LogP contribution >= 0.6 is 11.7 Å². The maximum atomic E-state index is 14.5. The van der Waals surface area contributed by atoms with Crippen LogP contribution < -0.4 is 39.1 Å². The maximum Gasteiger partial charge on any atom is 0.255 e. The molecule has 0 atom stereocenters. The van der Waals surface area contributed by atoms with Crippen molar-refractivity contribution in [1.29, 1.82) is 0 Å². The average molecular weight is 1460 g/mol. The number of anilines is 2. The summed E-state index contributed by atoms with van der Waals surface area (Å²) in [4.78, 5) is 28.9. The minimum Gasteiger partial charge on any atom is -0.490 e. The van der Waals surface area contributed by atoms with E-state index in [1.807, 2.05) is 72.8 Å². The minimum atomic E-state index is -0.248. The monoisotopic (exact) mass is 1460 g/mol.